The molecule has 0 spiro atoms. The Morgan fingerprint density at radius 3 is 2.51 bits per heavy atom. The number of hydrogen-bond acceptors (Lipinski definition) is 8. The first kappa shape index (κ1) is 26.5. The summed E-state index contributed by atoms with van der Waals surface area (Å²) in [7, 11) is 1.96. The van der Waals surface area contributed by atoms with Crippen molar-refractivity contribution in [3.05, 3.63) is 74.5 Å². The van der Waals surface area contributed by atoms with E-state index in [9.17, 15) is 14.4 Å². The van der Waals surface area contributed by atoms with E-state index in [1.54, 1.807) is 13.8 Å². The van der Waals surface area contributed by atoms with Crippen LogP contribution in [-0.4, -0.2) is 40.3 Å². The fourth-order valence-corrected chi connectivity index (χ4v) is 5.25. The van der Waals surface area contributed by atoms with Gasteiger partial charge in [-0.25, -0.2) is 9.78 Å². The summed E-state index contributed by atoms with van der Waals surface area (Å²) in [5.41, 5.74) is 3.24. The zero-order chi connectivity index (χ0) is 27.7. The Kier molecular flexibility index (Phi) is 7.41. The number of esters is 1. The predicted molar refractivity (Wildman–Crippen MR) is 155 cm³/mol. The van der Waals surface area contributed by atoms with Crippen LogP contribution in [-0.2, 0) is 23.0 Å². The molecule has 0 aliphatic carbocycles. The highest BCUT2D eigenvalue weighted by Gasteiger charge is 2.33. The zero-order valence-electron chi connectivity index (χ0n) is 22.9. The van der Waals surface area contributed by atoms with Crippen molar-refractivity contribution >= 4 is 40.0 Å². The number of nitrogens with one attached hydrogen (secondary N) is 2. The summed E-state index contributed by atoms with van der Waals surface area (Å²) in [6.45, 7) is 6.36. The lowest BCUT2D eigenvalue weighted by Crippen LogP contribution is -2.49. The standard InChI is InChI=1S/C30H35N5O4/c1-18(2)39-29(38)23(32-25-26(28(37)27(25)36)35-16-8-7-9-19(35)3)17-20-12-14-21(15-13-20)31-30-33-22-10-5-6-11-24(22)34(30)4/h5-6,10-15,18-19,23,32H,7-9,16-17H2,1-4H3,(H,31,33)/t19?,23-/m0/s1. The van der Waals surface area contributed by atoms with Crippen molar-refractivity contribution in [1.29, 1.82) is 0 Å². The summed E-state index contributed by atoms with van der Waals surface area (Å²) >= 11 is 0. The third-order valence-electron chi connectivity index (χ3n) is 7.37. The topological polar surface area (TPSA) is 106 Å². The van der Waals surface area contributed by atoms with E-state index in [4.69, 9.17) is 4.74 Å². The van der Waals surface area contributed by atoms with Crippen molar-refractivity contribution < 1.29 is 9.53 Å². The summed E-state index contributed by atoms with van der Waals surface area (Å²) in [6, 6.07) is 15.0. The Bertz CT molecular complexity index is 1550. The van der Waals surface area contributed by atoms with Crippen molar-refractivity contribution in [3.63, 3.8) is 0 Å². The number of ether oxygens (including phenoxy) is 1. The first-order valence-corrected chi connectivity index (χ1v) is 13.6. The van der Waals surface area contributed by atoms with Crippen LogP contribution >= 0.6 is 0 Å². The van der Waals surface area contributed by atoms with Gasteiger partial charge < -0.3 is 24.8 Å². The van der Waals surface area contributed by atoms with E-state index in [0.717, 1.165) is 54.0 Å². The lowest BCUT2D eigenvalue weighted by molar-refractivity contribution is -0.148. The van der Waals surface area contributed by atoms with Gasteiger partial charge in [-0.05, 0) is 69.9 Å². The summed E-state index contributed by atoms with van der Waals surface area (Å²) in [5.74, 6) is 0.265. The van der Waals surface area contributed by atoms with E-state index in [-0.39, 0.29) is 17.8 Å². The molecule has 1 aliphatic rings. The lowest BCUT2D eigenvalue weighted by atomic mass is 9.99. The number of hydrogen-bond donors (Lipinski definition) is 2. The van der Waals surface area contributed by atoms with Crippen LogP contribution in [0.15, 0.2) is 58.1 Å². The van der Waals surface area contributed by atoms with Crippen LogP contribution in [0.1, 0.15) is 45.6 Å². The smallest absolute Gasteiger partial charge is 0.329 e. The normalized spacial score (nSPS) is 16.5. The number of benzene rings is 2. The van der Waals surface area contributed by atoms with Gasteiger partial charge in [0.1, 0.15) is 17.4 Å². The molecule has 5 rings (SSSR count). The minimum Gasteiger partial charge on any atom is -0.461 e. The maximum atomic E-state index is 13.1. The van der Waals surface area contributed by atoms with E-state index in [2.05, 4.69) is 22.5 Å². The Morgan fingerprint density at radius 2 is 1.82 bits per heavy atom. The number of para-hydroxylation sites is 2. The van der Waals surface area contributed by atoms with Crippen molar-refractivity contribution in [2.75, 3.05) is 22.1 Å². The molecule has 0 amide bonds. The van der Waals surface area contributed by atoms with Crippen LogP contribution in [0.4, 0.5) is 23.0 Å². The molecule has 9 heteroatoms. The number of aryl methyl sites for hydroxylation is 1. The Labute approximate surface area is 227 Å². The van der Waals surface area contributed by atoms with E-state index >= 15 is 0 Å². The highest BCUT2D eigenvalue weighted by molar-refractivity contribution is 5.84. The molecule has 0 saturated carbocycles. The average Bonchev–Trinajstić information content (AvgIpc) is 3.24. The second-order valence-electron chi connectivity index (χ2n) is 10.6. The lowest BCUT2D eigenvalue weighted by Gasteiger charge is -2.37. The van der Waals surface area contributed by atoms with Gasteiger partial charge in [0.2, 0.25) is 5.95 Å². The third kappa shape index (κ3) is 5.39. The van der Waals surface area contributed by atoms with Gasteiger partial charge in [-0.3, -0.25) is 9.59 Å². The number of nitrogens with zero attached hydrogens (tertiary/aromatic N) is 3. The quantitative estimate of drug-likeness (QED) is 0.245. The molecule has 2 heterocycles. The van der Waals surface area contributed by atoms with Gasteiger partial charge in [-0.2, -0.15) is 0 Å². The molecule has 1 fully saturated rings. The number of carbonyl (C=O) groups excluding carboxylic acids is 1. The SMILES string of the molecule is CC(C)OC(=O)[C@H](Cc1ccc(Nc2nc3ccccc3n2C)cc1)Nc1c(N2CCCCC2C)c(=O)c1=O. The Balaban J connectivity index is 1.34. The molecule has 9 nitrogen and oxygen atoms in total. The van der Waals surface area contributed by atoms with Gasteiger partial charge in [0, 0.05) is 31.7 Å². The van der Waals surface area contributed by atoms with Crippen molar-refractivity contribution in [3.8, 4) is 0 Å². The second kappa shape index (κ2) is 10.9. The summed E-state index contributed by atoms with van der Waals surface area (Å²) in [5, 5.41) is 6.44. The molecule has 1 aliphatic heterocycles. The Hall–Kier alpha value is -4.14. The minimum atomic E-state index is -0.812. The van der Waals surface area contributed by atoms with Gasteiger partial charge >= 0.3 is 5.97 Å². The van der Waals surface area contributed by atoms with E-state index in [1.807, 2.05) is 65.0 Å². The molecular formula is C30H35N5O4. The summed E-state index contributed by atoms with van der Waals surface area (Å²) < 4.78 is 7.50. The molecule has 0 bridgehead atoms. The third-order valence-corrected chi connectivity index (χ3v) is 7.37. The van der Waals surface area contributed by atoms with Gasteiger partial charge in [0.25, 0.3) is 10.9 Å². The summed E-state index contributed by atoms with van der Waals surface area (Å²) in [6.07, 6.45) is 3.02. The van der Waals surface area contributed by atoms with Crippen LogP contribution in [0, 0.1) is 0 Å². The number of rotatable bonds is 9. The molecule has 204 valence electrons. The number of carbonyl (C=O) groups is 1. The monoisotopic (exact) mass is 529 g/mol. The molecule has 1 saturated heterocycles. The summed E-state index contributed by atoms with van der Waals surface area (Å²) in [4.78, 5) is 44.9. The largest absolute Gasteiger partial charge is 0.461 e. The Morgan fingerprint density at radius 1 is 1.08 bits per heavy atom. The first-order chi connectivity index (χ1) is 18.7. The second-order valence-corrected chi connectivity index (χ2v) is 10.6. The maximum absolute atomic E-state index is 13.1. The number of anilines is 4. The van der Waals surface area contributed by atoms with E-state index in [1.165, 1.54) is 0 Å². The molecule has 1 aromatic heterocycles. The van der Waals surface area contributed by atoms with Crippen LogP contribution in [0.3, 0.4) is 0 Å². The maximum Gasteiger partial charge on any atom is 0.329 e. The van der Waals surface area contributed by atoms with Crippen LogP contribution < -0.4 is 26.4 Å². The number of aromatic nitrogens is 2. The molecule has 3 aromatic carbocycles. The molecule has 2 atom stereocenters. The highest BCUT2D eigenvalue weighted by Crippen LogP contribution is 2.29. The molecule has 1 unspecified atom stereocenters. The number of imidazole rings is 1. The minimum absolute atomic E-state index is 0.167. The molecular weight excluding hydrogens is 494 g/mol. The molecule has 2 N–H and O–H groups in total. The van der Waals surface area contributed by atoms with Gasteiger partial charge in [0.15, 0.2) is 0 Å². The highest BCUT2D eigenvalue weighted by atomic mass is 16.5. The zero-order valence-corrected chi connectivity index (χ0v) is 22.9. The number of piperidine rings is 1. The van der Waals surface area contributed by atoms with Crippen LogP contribution in [0.5, 0.6) is 0 Å². The first-order valence-electron chi connectivity index (χ1n) is 13.6. The molecule has 0 radical (unpaired) electrons. The average molecular weight is 530 g/mol. The predicted octanol–water partition coefficient (Wildman–Crippen LogP) is 4.27. The molecule has 4 aromatic rings. The fourth-order valence-electron chi connectivity index (χ4n) is 5.25. The van der Waals surface area contributed by atoms with Crippen molar-refractivity contribution in [2.45, 2.75) is 64.6 Å². The van der Waals surface area contributed by atoms with Crippen molar-refractivity contribution in [1.82, 2.24) is 9.55 Å². The number of fused-ring (bicyclic) bond motifs is 1. The molecule has 39 heavy (non-hydrogen) atoms. The van der Waals surface area contributed by atoms with Gasteiger partial charge in [-0.1, -0.05) is 24.3 Å². The van der Waals surface area contributed by atoms with E-state index in [0.29, 0.717) is 12.1 Å². The van der Waals surface area contributed by atoms with Gasteiger partial charge in [-0.15, -0.1) is 0 Å². The van der Waals surface area contributed by atoms with E-state index < -0.39 is 22.9 Å². The van der Waals surface area contributed by atoms with Crippen molar-refractivity contribution in [2.24, 2.45) is 7.05 Å². The van der Waals surface area contributed by atoms with Crippen LogP contribution in [0.25, 0.3) is 11.0 Å². The fraction of sp³-hybridized carbons (Fsp3) is 0.400. The van der Waals surface area contributed by atoms with Crippen LogP contribution in [0.2, 0.25) is 0 Å². The van der Waals surface area contributed by atoms with Gasteiger partial charge in [0.05, 0.1) is 17.1 Å².